The molecule has 2 amide bonds. The van der Waals surface area contributed by atoms with Gasteiger partial charge < -0.3 is 40.1 Å². The number of carbonyl (C=O) groups excluding carboxylic acids is 2. The molecule has 0 unspecified atom stereocenters. The number of benzene rings is 6. The first-order chi connectivity index (χ1) is 30.1. The molecular weight excluding hydrogens is 851 g/mol. The van der Waals surface area contributed by atoms with Crippen LogP contribution in [0.1, 0.15) is 41.4 Å². The Kier molecular flexibility index (Phi) is 11.1. The summed E-state index contributed by atoms with van der Waals surface area (Å²) in [6.45, 7) is -0.250. The molecule has 2 aliphatic heterocycles. The molecule has 0 fully saturated rings. The van der Waals surface area contributed by atoms with Gasteiger partial charge in [0, 0.05) is 94.2 Å². The first kappa shape index (κ1) is 42.0. The van der Waals surface area contributed by atoms with Gasteiger partial charge in [-0.05, 0) is 66.2 Å². The summed E-state index contributed by atoms with van der Waals surface area (Å²) in [7, 11) is 5.51. The van der Waals surface area contributed by atoms with Crippen LogP contribution in [0.15, 0.2) is 111 Å². The molecule has 14 nitrogen and oxygen atoms in total. The normalized spacial score (nSPS) is 11.3. The Morgan fingerprint density at radius 1 is 0.651 bits per heavy atom. The Morgan fingerprint density at radius 2 is 1.29 bits per heavy atom. The van der Waals surface area contributed by atoms with E-state index in [1.54, 1.807) is 31.3 Å². The van der Waals surface area contributed by atoms with E-state index in [0.717, 1.165) is 11.0 Å². The molecule has 0 bridgehead atoms. The van der Waals surface area contributed by atoms with E-state index in [-0.39, 0.29) is 73.5 Å². The van der Waals surface area contributed by atoms with Crippen LogP contribution in [0.5, 0.6) is 5.75 Å². The monoisotopic (exact) mass is 885 g/mol. The van der Waals surface area contributed by atoms with Crippen LogP contribution in [-0.2, 0) is 0 Å². The lowest BCUT2D eigenvalue weighted by atomic mass is 9.89. The number of nitrogens with zero attached hydrogens (tertiary/aromatic N) is 1. The fourth-order valence-corrected chi connectivity index (χ4v) is 8.21. The first-order valence-corrected chi connectivity index (χ1v) is 20.0. The first-order valence-electron chi connectivity index (χ1n) is 19.2. The number of aromatic hydroxyl groups is 1. The summed E-state index contributed by atoms with van der Waals surface area (Å²) in [6, 6.07) is 24.7. The second-order valence-electron chi connectivity index (χ2n) is 14.7. The molecule has 0 radical (unpaired) electrons. The molecule has 0 aromatic heterocycles. The van der Waals surface area contributed by atoms with Crippen molar-refractivity contribution in [1.82, 2.24) is 15.2 Å². The summed E-state index contributed by atoms with van der Waals surface area (Å²) in [5.74, 6) is -3.64. The molecular formula is C47H35Cl2N4O10+. The zero-order chi connectivity index (χ0) is 44.9. The maximum absolute atomic E-state index is 13.6. The summed E-state index contributed by atoms with van der Waals surface area (Å²) in [4.78, 5) is 64.8. The summed E-state index contributed by atoms with van der Waals surface area (Å²) in [5.41, 5.74) is 2.40. The zero-order valence-electron chi connectivity index (χ0n) is 33.6. The standard InChI is InChI=1S/C47H34Cl2N4O10/c1-50-23-5-10-30-35(17-23)62-36-18-24(53(2)3)6-11-31(36)40(30)41-34(48)21-33(43(49)42(41)47(60)61)45(57)52-15-14-51-44(56)22-4-9-27(32(16-22)46(58)59)39-28-12-7-25(54)19-37(28)63-38-20-26(55)8-13-29(38)39/h4-13,16-21H,14-15H2,1-3H3,(H5,51,52,54,55,56,57,58,59,60,61)/p+1. The van der Waals surface area contributed by atoms with Crippen molar-refractivity contribution in [3.05, 3.63) is 145 Å². The Hall–Kier alpha value is -7.68. The third-order valence-electron chi connectivity index (χ3n) is 10.6. The number of hydrogen-bond acceptors (Lipinski definition) is 9. The fourth-order valence-electron chi connectivity index (χ4n) is 7.60. The zero-order valence-corrected chi connectivity index (χ0v) is 35.1. The number of anilines is 1. The van der Waals surface area contributed by atoms with E-state index in [1.165, 1.54) is 54.6 Å². The highest BCUT2D eigenvalue weighted by Gasteiger charge is 2.30. The highest BCUT2D eigenvalue weighted by atomic mass is 35.5. The van der Waals surface area contributed by atoms with Crippen molar-refractivity contribution in [1.29, 1.82) is 0 Å². The Morgan fingerprint density at radius 3 is 1.98 bits per heavy atom. The number of fused-ring (bicyclic) bond motifs is 4. The van der Waals surface area contributed by atoms with Crippen LogP contribution in [0.25, 0.3) is 66.8 Å². The van der Waals surface area contributed by atoms with Crippen LogP contribution < -0.4 is 31.3 Å². The summed E-state index contributed by atoms with van der Waals surface area (Å²) in [5, 5.41) is 40.8. The topological polar surface area (TPSA) is 211 Å². The smallest absolute Gasteiger partial charge is 0.337 e. The molecule has 6 N–H and O–H groups in total. The number of carboxylic acid groups (broad SMARTS) is 2. The number of halogens is 2. The lowest BCUT2D eigenvalue weighted by Crippen LogP contribution is -2.35. The van der Waals surface area contributed by atoms with Gasteiger partial charge in [-0.15, -0.1) is 0 Å². The Labute approximate surface area is 366 Å². The minimum absolute atomic E-state index is 0.00147. The molecule has 4 aromatic carbocycles. The van der Waals surface area contributed by atoms with Crippen molar-refractivity contribution in [3.8, 4) is 50.7 Å². The number of aromatic carboxylic acids is 2. The molecule has 0 atom stereocenters. The maximum Gasteiger partial charge on any atom is 0.337 e. The van der Waals surface area contributed by atoms with Crippen molar-refractivity contribution in [2.75, 3.05) is 39.5 Å². The van der Waals surface area contributed by atoms with Gasteiger partial charge in [0.15, 0.2) is 5.43 Å². The van der Waals surface area contributed by atoms with Crippen LogP contribution in [-0.4, -0.2) is 73.3 Å². The number of carbonyl (C=O) groups is 4. The van der Waals surface area contributed by atoms with E-state index >= 15 is 0 Å². The number of amides is 2. The molecule has 0 saturated heterocycles. The third kappa shape index (κ3) is 7.77. The lowest BCUT2D eigenvalue weighted by Gasteiger charge is -2.20. The van der Waals surface area contributed by atoms with Gasteiger partial charge in [0.1, 0.15) is 42.5 Å². The van der Waals surface area contributed by atoms with Gasteiger partial charge in [0.2, 0.25) is 5.36 Å². The quantitative estimate of drug-likeness (QED) is 0.0445. The van der Waals surface area contributed by atoms with E-state index in [9.17, 15) is 39.3 Å². The van der Waals surface area contributed by atoms with Crippen molar-refractivity contribution in [3.63, 3.8) is 0 Å². The number of phenols is 1. The van der Waals surface area contributed by atoms with Gasteiger partial charge >= 0.3 is 11.9 Å². The number of hydrogen-bond donors (Lipinski definition) is 6. The van der Waals surface area contributed by atoms with Gasteiger partial charge in [0.05, 0.1) is 32.8 Å². The largest absolute Gasteiger partial charge is 0.508 e. The molecule has 63 heavy (non-hydrogen) atoms. The van der Waals surface area contributed by atoms with Gasteiger partial charge in [-0.25, -0.2) is 14.2 Å². The number of carboxylic acids is 2. The molecule has 316 valence electrons. The number of nitrogens with one attached hydrogen (secondary N) is 3. The van der Waals surface area contributed by atoms with Crippen molar-refractivity contribution in [2.24, 2.45) is 0 Å². The van der Waals surface area contributed by atoms with E-state index < -0.39 is 29.3 Å². The molecule has 2 heterocycles. The van der Waals surface area contributed by atoms with E-state index in [0.29, 0.717) is 44.4 Å². The fraction of sp³-hybridized carbons (Fsp3) is 0.106. The highest BCUT2D eigenvalue weighted by molar-refractivity contribution is 6.41. The maximum atomic E-state index is 13.6. The predicted octanol–water partition coefficient (Wildman–Crippen LogP) is 7.72. The van der Waals surface area contributed by atoms with Gasteiger partial charge in [-0.1, -0.05) is 29.3 Å². The molecule has 2 aliphatic carbocycles. The molecule has 8 rings (SSSR count). The van der Waals surface area contributed by atoms with E-state index in [2.05, 4.69) is 16.0 Å². The molecule has 4 aromatic rings. The van der Waals surface area contributed by atoms with Crippen molar-refractivity contribution >= 4 is 74.6 Å². The van der Waals surface area contributed by atoms with Gasteiger partial charge in [-0.3, -0.25) is 14.4 Å². The molecule has 0 spiro atoms. The van der Waals surface area contributed by atoms with Crippen molar-refractivity contribution < 1.29 is 43.3 Å². The molecule has 16 heteroatoms. The van der Waals surface area contributed by atoms with Crippen LogP contribution in [0, 0.1) is 0 Å². The van der Waals surface area contributed by atoms with Crippen LogP contribution in [0.4, 0.5) is 5.69 Å². The third-order valence-corrected chi connectivity index (χ3v) is 11.3. The lowest BCUT2D eigenvalue weighted by molar-refractivity contribution is 0.0686. The van der Waals surface area contributed by atoms with Gasteiger partial charge in [0.25, 0.3) is 11.8 Å². The Bertz CT molecular complexity index is 3320. The predicted molar refractivity (Wildman–Crippen MR) is 240 cm³/mol. The van der Waals surface area contributed by atoms with Crippen LogP contribution >= 0.6 is 23.2 Å². The molecule has 4 aliphatic rings. The average molecular weight is 887 g/mol. The summed E-state index contributed by atoms with van der Waals surface area (Å²) < 4.78 is 14.1. The summed E-state index contributed by atoms with van der Waals surface area (Å²) in [6.07, 6.45) is 0. The Balaban J connectivity index is 1.06. The van der Waals surface area contributed by atoms with E-state index in [1.807, 2.05) is 36.9 Å². The number of rotatable bonds is 10. The second-order valence-corrected chi connectivity index (χ2v) is 15.5. The minimum atomic E-state index is -1.43. The molecule has 0 saturated carbocycles. The SMILES string of the molecule is CNc1ccc2c(-c3c(Cl)cc(C(=O)NCCNC(=O)c4ccc(-c5c6ccc(=O)cc-6oc6cc(O)ccc56)c(C(=O)O)c4)c(Cl)c3C(=O)O)c3ccc(=[N+](C)C)cc-3oc2c1. The second kappa shape index (κ2) is 16.6. The number of phenolic OH excluding ortho intramolecular Hbond substituents is 1. The summed E-state index contributed by atoms with van der Waals surface area (Å²) >= 11 is 13.7. The average Bonchev–Trinajstić information content (AvgIpc) is 3.25. The minimum Gasteiger partial charge on any atom is -0.508 e. The highest BCUT2D eigenvalue weighted by Crippen LogP contribution is 2.47. The van der Waals surface area contributed by atoms with Crippen LogP contribution in [0.3, 0.4) is 0 Å². The van der Waals surface area contributed by atoms with Gasteiger partial charge in [-0.2, -0.15) is 0 Å². The van der Waals surface area contributed by atoms with E-state index in [4.69, 9.17) is 32.0 Å². The van der Waals surface area contributed by atoms with Crippen molar-refractivity contribution in [2.45, 2.75) is 0 Å². The van der Waals surface area contributed by atoms with Crippen LogP contribution in [0.2, 0.25) is 10.0 Å².